The molecule has 1 fully saturated rings. The zero-order valence-electron chi connectivity index (χ0n) is 16.0. The Morgan fingerprint density at radius 1 is 1.31 bits per heavy atom. The standard InChI is InChI=1S/C22H22FN3O3/c1-2-26-11-15(22(28)29)21(27)18-17(26)10-16(19(23)20(18)24)25-14-8-13(9-14)12-6-4-3-5-7-12/h3-7,10-11,13-14,25H,2,8-9,24H2,1H3,(H,28,29). The number of nitrogens with one attached hydrogen (secondary N) is 1. The summed E-state index contributed by atoms with van der Waals surface area (Å²) in [7, 11) is 0. The Hall–Kier alpha value is -3.35. The van der Waals surface area contributed by atoms with E-state index in [4.69, 9.17) is 5.73 Å². The van der Waals surface area contributed by atoms with Gasteiger partial charge in [-0.2, -0.15) is 0 Å². The lowest BCUT2D eigenvalue weighted by molar-refractivity contribution is 0.0695. The second-order valence-electron chi connectivity index (χ2n) is 7.43. The van der Waals surface area contributed by atoms with Crippen molar-refractivity contribution in [2.45, 2.75) is 38.3 Å². The number of fused-ring (bicyclic) bond motifs is 1. The van der Waals surface area contributed by atoms with Gasteiger partial charge in [0.1, 0.15) is 5.56 Å². The number of carboxylic acids is 1. The predicted molar refractivity (Wildman–Crippen MR) is 111 cm³/mol. The number of anilines is 2. The molecule has 1 aliphatic carbocycles. The summed E-state index contributed by atoms with van der Waals surface area (Å²) in [6, 6.07) is 11.8. The van der Waals surface area contributed by atoms with E-state index in [0.717, 1.165) is 12.8 Å². The summed E-state index contributed by atoms with van der Waals surface area (Å²) in [5.41, 5.74) is 6.35. The predicted octanol–water partition coefficient (Wildman–Crippen LogP) is 3.80. The van der Waals surface area contributed by atoms with Crippen molar-refractivity contribution in [2.24, 2.45) is 0 Å². The minimum atomic E-state index is -1.36. The molecule has 7 heteroatoms. The Morgan fingerprint density at radius 2 is 2.00 bits per heavy atom. The average molecular weight is 395 g/mol. The number of aromatic nitrogens is 1. The number of nitrogen functional groups attached to an aromatic ring is 1. The van der Waals surface area contributed by atoms with Gasteiger partial charge in [-0.1, -0.05) is 30.3 Å². The van der Waals surface area contributed by atoms with Gasteiger partial charge in [-0.25, -0.2) is 9.18 Å². The Bertz CT molecular complexity index is 1150. The molecule has 0 bridgehead atoms. The number of nitrogens with zero attached hydrogens (tertiary/aromatic N) is 1. The van der Waals surface area contributed by atoms with Crippen LogP contribution in [0.25, 0.3) is 10.9 Å². The highest BCUT2D eigenvalue weighted by Crippen LogP contribution is 2.39. The van der Waals surface area contributed by atoms with Gasteiger partial charge in [-0.3, -0.25) is 4.79 Å². The number of carbonyl (C=O) groups is 1. The number of rotatable bonds is 5. The number of hydrogen-bond acceptors (Lipinski definition) is 4. The molecule has 0 amide bonds. The zero-order valence-corrected chi connectivity index (χ0v) is 16.0. The molecule has 1 heterocycles. The highest BCUT2D eigenvalue weighted by atomic mass is 19.1. The lowest BCUT2D eigenvalue weighted by Crippen LogP contribution is -2.34. The largest absolute Gasteiger partial charge is 0.477 e. The fourth-order valence-corrected chi connectivity index (χ4v) is 4.02. The molecular formula is C22H22FN3O3. The maximum atomic E-state index is 14.9. The summed E-state index contributed by atoms with van der Waals surface area (Å²) in [6.45, 7) is 2.24. The molecule has 0 saturated heterocycles. The Morgan fingerprint density at radius 3 is 2.62 bits per heavy atom. The first-order valence-corrected chi connectivity index (χ1v) is 9.60. The van der Waals surface area contributed by atoms with Crippen molar-refractivity contribution in [1.82, 2.24) is 4.57 Å². The van der Waals surface area contributed by atoms with Crippen molar-refractivity contribution in [2.75, 3.05) is 11.1 Å². The SMILES string of the molecule is CCn1cc(C(=O)O)c(=O)c2c(N)c(F)c(NC3CC(c4ccccc4)C3)cc21. The number of carboxylic acid groups (broad SMARTS) is 1. The second-order valence-corrected chi connectivity index (χ2v) is 7.43. The molecule has 1 aromatic heterocycles. The van der Waals surface area contributed by atoms with Gasteiger partial charge in [0.2, 0.25) is 5.43 Å². The topological polar surface area (TPSA) is 97.4 Å². The Kier molecular flexibility index (Phi) is 4.74. The minimum absolute atomic E-state index is 0.0921. The molecule has 29 heavy (non-hydrogen) atoms. The van der Waals surface area contributed by atoms with E-state index in [1.807, 2.05) is 25.1 Å². The summed E-state index contributed by atoms with van der Waals surface area (Å²) in [6.07, 6.45) is 3.03. The maximum Gasteiger partial charge on any atom is 0.341 e. The molecule has 0 unspecified atom stereocenters. The van der Waals surface area contributed by atoms with Crippen molar-refractivity contribution in [3.8, 4) is 0 Å². The number of aryl methyl sites for hydroxylation is 1. The van der Waals surface area contributed by atoms with Gasteiger partial charge < -0.3 is 20.7 Å². The van der Waals surface area contributed by atoms with Crippen molar-refractivity contribution in [3.05, 3.63) is 69.8 Å². The van der Waals surface area contributed by atoms with E-state index in [2.05, 4.69) is 17.4 Å². The van der Waals surface area contributed by atoms with E-state index in [1.165, 1.54) is 11.8 Å². The van der Waals surface area contributed by atoms with Crippen LogP contribution in [0, 0.1) is 5.82 Å². The third kappa shape index (κ3) is 3.22. The van der Waals surface area contributed by atoms with Crippen LogP contribution in [0.1, 0.15) is 41.6 Å². The number of hydrogen-bond donors (Lipinski definition) is 3. The molecule has 0 spiro atoms. The van der Waals surface area contributed by atoms with Crippen LogP contribution in [-0.4, -0.2) is 21.7 Å². The lowest BCUT2D eigenvalue weighted by atomic mass is 9.76. The van der Waals surface area contributed by atoms with E-state index >= 15 is 0 Å². The summed E-state index contributed by atoms with van der Waals surface area (Å²) in [4.78, 5) is 23.9. The van der Waals surface area contributed by atoms with E-state index in [0.29, 0.717) is 18.0 Å². The quantitative estimate of drug-likeness (QED) is 0.571. The number of nitrogens with two attached hydrogens (primary N) is 1. The fourth-order valence-electron chi connectivity index (χ4n) is 4.02. The highest BCUT2D eigenvalue weighted by molar-refractivity contribution is 5.99. The molecule has 4 N–H and O–H groups in total. The van der Waals surface area contributed by atoms with Gasteiger partial charge >= 0.3 is 5.97 Å². The van der Waals surface area contributed by atoms with Crippen LogP contribution in [0.2, 0.25) is 0 Å². The van der Waals surface area contributed by atoms with E-state index in [9.17, 15) is 19.1 Å². The van der Waals surface area contributed by atoms with Crippen molar-refractivity contribution < 1.29 is 14.3 Å². The first-order chi connectivity index (χ1) is 13.9. The third-order valence-corrected chi connectivity index (χ3v) is 5.69. The molecule has 150 valence electrons. The minimum Gasteiger partial charge on any atom is -0.477 e. The second kappa shape index (κ2) is 7.24. The van der Waals surface area contributed by atoms with E-state index in [-0.39, 0.29) is 22.8 Å². The molecule has 1 aliphatic rings. The first-order valence-electron chi connectivity index (χ1n) is 9.60. The van der Waals surface area contributed by atoms with Gasteiger partial charge in [0, 0.05) is 18.8 Å². The molecule has 2 aromatic carbocycles. The van der Waals surface area contributed by atoms with E-state index in [1.54, 1.807) is 10.6 Å². The van der Waals surface area contributed by atoms with Gasteiger partial charge in [-0.05, 0) is 37.3 Å². The molecule has 3 aromatic rings. The number of benzene rings is 2. The first kappa shape index (κ1) is 19.0. The van der Waals surface area contributed by atoms with Crippen molar-refractivity contribution in [1.29, 1.82) is 0 Å². The van der Waals surface area contributed by atoms with Crippen LogP contribution in [0.4, 0.5) is 15.8 Å². The maximum absolute atomic E-state index is 14.9. The van der Waals surface area contributed by atoms with Crippen LogP contribution >= 0.6 is 0 Å². The molecule has 1 saturated carbocycles. The molecule has 0 atom stereocenters. The highest BCUT2D eigenvalue weighted by Gasteiger charge is 2.31. The lowest BCUT2D eigenvalue weighted by Gasteiger charge is -2.37. The van der Waals surface area contributed by atoms with Crippen molar-refractivity contribution in [3.63, 3.8) is 0 Å². The smallest absolute Gasteiger partial charge is 0.341 e. The summed E-state index contributed by atoms with van der Waals surface area (Å²) in [5, 5.41) is 12.4. The Labute approximate surface area is 166 Å². The van der Waals surface area contributed by atoms with Gasteiger partial charge in [0.05, 0.1) is 22.3 Å². The number of aromatic carboxylic acids is 1. The van der Waals surface area contributed by atoms with Gasteiger partial charge in [-0.15, -0.1) is 0 Å². The molecule has 6 nitrogen and oxygen atoms in total. The third-order valence-electron chi connectivity index (χ3n) is 5.69. The average Bonchev–Trinajstić information content (AvgIpc) is 2.68. The van der Waals surface area contributed by atoms with Gasteiger partial charge in [0.25, 0.3) is 0 Å². The van der Waals surface area contributed by atoms with Gasteiger partial charge in [0.15, 0.2) is 5.82 Å². The Balaban J connectivity index is 1.68. The van der Waals surface area contributed by atoms with Crippen LogP contribution in [0.3, 0.4) is 0 Å². The molecule has 0 radical (unpaired) electrons. The zero-order chi connectivity index (χ0) is 20.7. The van der Waals surface area contributed by atoms with Crippen LogP contribution in [-0.2, 0) is 6.54 Å². The molecule has 4 rings (SSSR count). The van der Waals surface area contributed by atoms with Crippen LogP contribution < -0.4 is 16.5 Å². The summed E-state index contributed by atoms with van der Waals surface area (Å²) < 4.78 is 16.5. The normalized spacial score (nSPS) is 18.4. The van der Waals surface area contributed by atoms with Crippen LogP contribution in [0.5, 0.6) is 0 Å². The fraction of sp³-hybridized carbons (Fsp3) is 0.273. The van der Waals surface area contributed by atoms with Crippen molar-refractivity contribution >= 4 is 28.2 Å². The monoisotopic (exact) mass is 395 g/mol. The number of halogens is 1. The molecular weight excluding hydrogens is 373 g/mol. The summed E-state index contributed by atoms with van der Waals surface area (Å²) >= 11 is 0. The van der Waals surface area contributed by atoms with Crippen LogP contribution in [0.15, 0.2) is 47.4 Å². The molecule has 0 aliphatic heterocycles. The summed E-state index contributed by atoms with van der Waals surface area (Å²) in [5.74, 6) is -1.65. The number of pyridine rings is 1. The van der Waals surface area contributed by atoms with E-state index < -0.39 is 22.8 Å².